The minimum absolute atomic E-state index is 0.186. The number of quaternary nitrogens is 1. The van der Waals surface area contributed by atoms with E-state index in [9.17, 15) is 9.90 Å². The molecule has 3 aromatic rings. The first-order valence-electron chi connectivity index (χ1n) is 10.3. The van der Waals surface area contributed by atoms with E-state index >= 15 is 0 Å². The number of furan rings is 1. The predicted molar refractivity (Wildman–Crippen MR) is 124 cm³/mol. The van der Waals surface area contributed by atoms with E-state index in [0.717, 1.165) is 11.1 Å². The van der Waals surface area contributed by atoms with E-state index in [1.165, 1.54) is 0 Å². The van der Waals surface area contributed by atoms with Crippen LogP contribution >= 0.6 is 0 Å². The smallest absolute Gasteiger partial charge is 0.300 e. The van der Waals surface area contributed by atoms with Gasteiger partial charge in [-0.15, -0.1) is 5.84 Å². The first-order valence-corrected chi connectivity index (χ1v) is 10.3. The predicted octanol–water partition coefficient (Wildman–Crippen LogP) is 2.80. The second kappa shape index (κ2) is 8.30. The number of amidine groups is 2. The van der Waals surface area contributed by atoms with E-state index in [2.05, 4.69) is 20.4 Å². The number of nitrogens with one attached hydrogen (secondary N) is 1. The number of carbonyl (C=O) groups is 1. The summed E-state index contributed by atoms with van der Waals surface area (Å²) < 4.78 is 4.99. The fourth-order valence-corrected chi connectivity index (χ4v) is 3.55. The van der Waals surface area contributed by atoms with Gasteiger partial charge < -0.3 is 14.8 Å². The highest BCUT2D eigenvalue weighted by molar-refractivity contribution is 6.32. The number of hydrogen-bond acceptors (Lipinski definition) is 7. The van der Waals surface area contributed by atoms with E-state index in [1.807, 2.05) is 18.2 Å². The zero-order chi connectivity index (χ0) is 22.8. The normalized spacial score (nSPS) is 18.9. The molecule has 0 saturated carbocycles. The number of benzene rings is 2. The van der Waals surface area contributed by atoms with Crippen molar-refractivity contribution in [1.82, 2.24) is 5.32 Å². The van der Waals surface area contributed by atoms with Gasteiger partial charge in [0, 0.05) is 17.7 Å². The van der Waals surface area contributed by atoms with Gasteiger partial charge >= 0.3 is 0 Å². The molecule has 9 heteroatoms. The summed E-state index contributed by atoms with van der Waals surface area (Å²) >= 11 is 0. The molecule has 1 amide bonds. The topological polar surface area (TPSA) is 126 Å². The average molecular weight is 441 g/mol. The molecule has 0 saturated heterocycles. The standard InChI is InChI=1S/C24H20N6O3/c25-30-15-20(27-14-22(30)28-23(29-30)21-5-2-12-33-21)17-3-1-4-18(13-17)24(32)26-11-10-16-6-8-19(31)9-7-16/h1-9,12-15H,10-11,25H2,(H-,26,31,32)/p+1. The molecule has 0 radical (unpaired) electrons. The van der Waals surface area contributed by atoms with Crippen LogP contribution in [0.25, 0.3) is 5.70 Å². The Morgan fingerprint density at radius 3 is 2.76 bits per heavy atom. The van der Waals surface area contributed by atoms with E-state index < -0.39 is 0 Å². The number of aliphatic imine (C=N–C) groups is 2. The number of fused-ring (bicyclic) bond motifs is 1. The zero-order valence-electron chi connectivity index (χ0n) is 17.5. The largest absolute Gasteiger partial charge is 0.508 e. The van der Waals surface area contributed by atoms with Crippen molar-refractivity contribution < 1.29 is 19.0 Å². The number of amides is 1. The molecule has 2 aliphatic rings. The minimum Gasteiger partial charge on any atom is -0.508 e. The Labute approximate surface area is 189 Å². The van der Waals surface area contributed by atoms with Crippen LogP contribution in [0.5, 0.6) is 5.75 Å². The molecule has 164 valence electrons. The van der Waals surface area contributed by atoms with Crippen LogP contribution in [-0.4, -0.2) is 40.1 Å². The molecule has 0 aliphatic carbocycles. The number of hydrogen-bond donors (Lipinski definition) is 3. The summed E-state index contributed by atoms with van der Waals surface area (Å²) in [6.45, 7) is 0.474. The Hall–Kier alpha value is -4.34. The van der Waals surface area contributed by atoms with Crippen molar-refractivity contribution in [3.8, 4) is 5.75 Å². The molecular formula is C24H21N6O3+. The van der Waals surface area contributed by atoms with Crippen molar-refractivity contribution in [3.63, 3.8) is 0 Å². The number of carbonyl (C=O) groups excluding carboxylic acids is 1. The Kier molecular flexibility index (Phi) is 5.17. The van der Waals surface area contributed by atoms with Crippen LogP contribution in [0.2, 0.25) is 0 Å². The molecule has 2 aliphatic heterocycles. The first-order chi connectivity index (χ1) is 16.0. The van der Waals surface area contributed by atoms with Gasteiger partial charge in [0.25, 0.3) is 17.6 Å². The second-order valence-electron chi connectivity index (χ2n) is 7.63. The molecule has 33 heavy (non-hydrogen) atoms. The Morgan fingerprint density at radius 2 is 1.97 bits per heavy atom. The maximum Gasteiger partial charge on any atom is 0.300 e. The quantitative estimate of drug-likeness (QED) is 0.402. The SMILES string of the molecule is N[N+]12C=C(c3cccc(C(=O)NCCc4ccc(O)cc4)c3)N=CC1=NC(c1ccco1)=N2. The van der Waals surface area contributed by atoms with Gasteiger partial charge in [-0.05, 0) is 58.2 Å². The number of nitrogens with two attached hydrogens (primary N) is 1. The molecule has 9 nitrogen and oxygen atoms in total. The van der Waals surface area contributed by atoms with Gasteiger partial charge in [0.15, 0.2) is 12.0 Å². The van der Waals surface area contributed by atoms with E-state index in [-0.39, 0.29) is 16.4 Å². The maximum absolute atomic E-state index is 12.7. The fraction of sp³-hybridized carbons (Fsp3) is 0.0833. The summed E-state index contributed by atoms with van der Waals surface area (Å²) in [6.07, 6.45) is 5.45. The van der Waals surface area contributed by atoms with Crippen LogP contribution in [0.4, 0.5) is 0 Å². The van der Waals surface area contributed by atoms with E-state index in [4.69, 9.17) is 10.3 Å². The molecule has 0 bridgehead atoms. The zero-order valence-corrected chi connectivity index (χ0v) is 17.5. The summed E-state index contributed by atoms with van der Waals surface area (Å²) in [5, 5.41) is 16.7. The van der Waals surface area contributed by atoms with Gasteiger partial charge in [-0.2, -0.15) is 4.99 Å². The van der Waals surface area contributed by atoms with Gasteiger partial charge in [0.05, 0.1) is 6.26 Å². The lowest BCUT2D eigenvalue weighted by Crippen LogP contribution is -2.50. The highest BCUT2D eigenvalue weighted by Crippen LogP contribution is 2.27. The minimum atomic E-state index is -0.377. The van der Waals surface area contributed by atoms with E-state index in [1.54, 1.807) is 61.1 Å². The third-order valence-corrected chi connectivity index (χ3v) is 5.28. The van der Waals surface area contributed by atoms with Gasteiger partial charge in [0.1, 0.15) is 17.7 Å². The van der Waals surface area contributed by atoms with Crippen molar-refractivity contribution in [2.24, 2.45) is 20.9 Å². The summed E-state index contributed by atoms with van der Waals surface area (Å²) in [4.78, 5) is 21.5. The van der Waals surface area contributed by atoms with E-state index in [0.29, 0.717) is 41.7 Å². The number of rotatable bonds is 6. The summed E-state index contributed by atoms with van der Waals surface area (Å²) in [7, 11) is 0. The molecule has 0 spiro atoms. The lowest BCUT2D eigenvalue weighted by Gasteiger charge is -2.19. The van der Waals surface area contributed by atoms with Gasteiger partial charge in [-0.1, -0.05) is 24.3 Å². The van der Waals surface area contributed by atoms with Crippen LogP contribution in [0.1, 0.15) is 27.2 Å². The van der Waals surface area contributed by atoms with Crippen LogP contribution in [0, 0.1) is 0 Å². The maximum atomic E-state index is 12.7. The highest BCUT2D eigenvalue weighted by Gasteiger charge is 2.40. The third kappa shape index (κ3) is 4.22. The van der Waals surface area contributed by atoms with Crippen LogP contribution in [0.3, 0.4) is 0 Å². The lowest BCUT2D eigenvalue weighted by atomic mass is 10.1. The summed E-state index contributed by atoms with van der Waals surface area (Å²) in [6, 6.07) is 17.6. The third-order valence-electron chi connectivity index (χ3n) is 5.28. The van der Waals surface area contributed by atoms with Crippen molar-refractivity contribution in [1.29, 1.82) is 0 Å². The molecule has 1 aromatic heterocycles. The number of phenolic OH excluding ortho intramolecular Hbond substituents is 1. The van der Waals surface area contributed by atoms with Crippen LogP contribution in [-0.2, 0) is 6.42 Å². The Morgan fingerprint density at radius 1 is 1.12 bits per heavy atom. The molecule has 1 unspecified atom stereocenters. The molecule has 5 rings (SSSR count). The van der Waals surface area contributed by atoms with Gasteiger partial charge in [-0.25, -0.2) is 4.99 Å². The second-order valence-corrected chi connectivity index (χ2v) is 7.63. The highest BCUT2D eigenvalue weighted by atomic mass is 16.3. The van der Waals surface area contributed by atoms with Crippen molar-refractivity contribution >= 4 is 29.5 Å². The molecule has 0 fully saturated rings. The first kappa shape index (κ1) is 20.6. The molecule has 2 aromatic carbocycles. The van der Waals surface area contributed by atoms with Gasteiger partial charge in [0.2, 0.25) is 0 Å². The number of phenols is 1. The van der Waals surface area contributed by atoms with Crippen LogP contribution < -0.4 is 11.2 Å². The monoisotopic (exact) mass is 441 g/mol. The average Bonchev–Trinajstić information content (AvgIpc) is 3.47. The number of aromatic hydroxyl groups is 1. The molecule has 3 heterocycles. The molecule has 1 atom stereocenters. The van der Waals surface area contributed by atoms with Crippen molar-refractivity contribution in [3.05, 3.63) is 95.6 Å². The molecular weight excluding hydrogens is 420 g/mol. The Bertz CT molecular complexity index is 1320. The molecule has 4 N–H and O–H groups in total. The van der Waals surface area contributed by atoms with Gasteiger partial charge in [-0.3, -0.25) is 4.79 Å². The Balaban J connectivity index is 1.30. The van der Waals surface area contributed by atoms with Crippen molar-refractivity contribution in [2.75, 3.05) is 6.54 Å². The lowest BCUT2D eigenvalue weighted by molar-refractivity contribution is -0.802. The summed E-state index contributed by atoms with van der Waals surface area (Å²) in [5.41, 5.74) is 2.86. The fourth-order valence-electron chi connectivity index (χ4n) is 3.55. The number of nitrogens with zero attached hydrogens (tertiary/aromatic N) is 4. The summed E-state index contributed by atoms with van der Waals surface area (Å²) in [5.74, 6) is 7.84. The van der Waals surface area contributed by atoms with Crippen molar-refractivity contribution in [2.45, 2.75) is 6.42 Å². The van der Waals surface area contributed by atoms with Crippen LogP contribution in [0.15, 0.2) is 92.6 Å².